The van der Waals surface area contributed by atoms with E-state index in [2.05, 4.69) is 5.32 Å². The zero-order valence-electron chi connectivity index (χ0n) is 10.5. The number of carbonyl (C=O) groups is 2. The lowest BCUT2D eigenvalue weighted by atomic mass is 10.0. The second-order valence-corrected chi connectivity index (χ2v) is 4.69. The third-order valence-electron chi connectivity index (χ3n) is 2.28. The second-order valence-electron chi connectivity index (χ2n) is 4.69. The summed E-state index contributed by atoms with van der Waals surface area (Å²) in [4.78, 5) is 22.2. The van der Waals surface area contributed by atoms with Crippen molar-refractivity contribution in [1.82, 2.24) is 5.32 Å². The Morgan fingerprint density at radius 1 is 1.28 bits per heavy atom. The van der Waals surface area contributed by atoms with Crippen LogP contribution in [0.2, 0.25) is 0 Å². The Morgan fingerprint density at radius 3 is 2.44 bits per heavy atom. The standard InChI is InChI=1S/C14H17NO3/c1-14(2,10-13(17)18)15-12(16)9-8-11-6-4-3-5-7-11/h3-9H,10H2,1-2H3,(H,15,16)(H,17,18). The summed E-state index contributed by atoms with van der Waals surface area (Å²) in [5.41, 5.74) is 0.160. The first kappa shape index (κ1) is 14.0. The molecule has 1 aromatic carbocycles. The molecule has 4 heteroatoms. The van der Waals surface area contributed by atoms with Gasteiger partial charge in [0.1, 0.15) is 0 Å². The molecule has 0 aliphatic carbocycles. The first-order valence-electron chi connectivity index (χ1n) is 5.66. The van der Waals surface area contributed by atoms with Gasteiger partial charge in [-0.05, 0) is 25.5 Å². The zero-order chi connectivity index (χ0) is 13.6. The largest absolute Gasteiger partial charge is 0.481 e. The third-order valence-corrected chi connectivity index (χ3v) is 2.28. The number of carboxylic acid groups (broad SMARTS) is 1. The molecule has 0 aliphatic heterocycles. The molecule has 0 saturated carbocycles. The number of hydrogen-bond acceptors (Lipinski definition) is 2. The van der Waals surface area contributed by atoms with Gasteiger partial charge in [-0.2, -0.15) is 0 Å². The SMILES string of the molecule is CC(C)(CC(=O)O)NC(=O)C=Cc1ccccc1. The van der Waals surface area contributed by atoms with Crippen LogP contribution in [0.15, 0.2) is 36.4 Å². The monoisotopic (exact) mass is 247 g/mol. The molecule has 1 amide bonds. The van der Waals surface area contributed by atoms with Crippen molar-refractivity contribution in [2.75, 3.05) is 0 Å². The van der Waals surface area contributed by atoms with E-state index in [1.54, 1.807) is 19.9 Å². The molecule has 0 unspecified atom stereocenters. The molecule has 1 rings (SSSR count). The van der Waals surface area contributed by atoms with E-state index in [0.29, 0.717) is 0 Å². The van der Waals surface area contributed by atoms with Crippen LogP contribution in [-0.4, -0.2) is 22.5 Å². The molecule has 0 spiro atoms. The van der Waals surface area contributed by atoms with Gasteiger partial charge in [-0.25, -0.2) is 0 Å². The van der Waals surface area contributed by atoms with Gasteiger partial charge >= 0.3 is 5.97 Å². The van der Waals surface area contributed by atoms with Crippen molar-refractivity contribution in [3.63, 3.8) is 0 Å². The molecule has 0 fully saturated rings. The molecule has 0 radical (unpaired) electrons. The maximum absolute atomic E-state index is 11.6. The van der Waals surface area contributed by atoms with Crippen LogP contribution >= 0.6 is 0 Å². The number of hydrogen-bond donors (Lipinski definition) is 2. The maximum atomic E-state index is 11.6. The average molecular weight is 247 g/mol. The van der Waals surface area contributed by atoms with Crippen LogP contribution in [-0.2, 0) is 9.59 Å². The summed E-state index contributed by atoms with van der Waals surface area (Å²) in [6.07, 6.45) is 2.98. The molecular formula is C14H17NO3. The Hall–Kier alpha value is -2.10. The van der Waals surface area contributed by atoms with Gasteiger partial charge in [0.15, 0.2) is 0 Å². The Kier molecular flexibility index (Phi) is 4.66. The molecule has 0 heterocycles. The predicted octanol–water partition coefficient (Wildman–Crippen LogP) is 2.07. The Bertz CT molecular complexity index is 449. The first-order chi connectivity index (χ1) is 8.39. The number of benzene rings is 1. The lowest BCUT2D eigenvalue weighted by molar-refractivity contribution is -0.138. The minimum absolute atomic E-state index is 0.113. The zero-order valence-corrected chi connectivity index (χ0v) is 10.5. The van der Waals surface area contributed by atoms with Crippen LogP contribution in [0.1, 0.15) is 25.8 Å². The van der Waals surface area contributed by atoms with Gasteiger partial charge in [-0.1, -0.05) is 30.3 Å². The summed E-state index contributed by atoms with van der Waals surface area (Å²) < 4.78 is 0. The average Bonchev–Trinajstić information content (AvgIpc) is 2.25. The van der Waals surface area contributed by atoms with Gasteiger partial charge in [-0.15, -0.1) is 0 Å². The fourth-order valence-corrected chi connectivity index (χ4v) is 1.53. The van der Waals surface area contributed by atoms with Crippen LogP contribution in [0.5, 0.6) is 0 Å². The number of nitrogens with one attached hydrogen (secondary N) is 1. The van der Waals surface area contributed by atoms with Crippen molar-refractivity contribution in [2.24, 2.45) is 0 Å². The highest BCUT2D eigenvalue weighted by molar-refractivity contribution is 5.92. The molecule has 0 saturated heterocycles. The Balaban J connectivity index is 2.57. The highest BCUT2D eigenvalue weighted by atomic mass is 16.4. The van der Waals surface area contributed by atoms with Gasteiger partial charge in [0.2, 0.25) is 5.91 Å². The molecule has 0 bridgehead atoms. The van der Waals surface area contributed by atoms with Crippen molar-refractivity contribution in [1.29, 1.82) is 0 Å². The highest BCUT2D eigenvalue weighted by Crippen LogP contribution is 2.08. The minimum Gasteiger partial charge on any atom is -0.481 e. The van der Waals surface area contributed by atoms with Gasteiger partial charge in [0.05, 0.1) is 6.42 Å². The number of aliphatic carboxylic acids is 1. The number of amides is 1. The van der Waals surface area contributed by atoms with Gasteiger partial charge in [-0.3, -0.25) is 9.59 Å². The van der Waals surface area contributed by atoms with E-state index < -0.39 is 11.5 Å². The summed E-state index contributed by atoms with van der Waals surface area (Å²) in [5.74, 6) is -1.24. The Labute approximate surface area is 106 Å². The molecule has 18 heavy (non-hydrogen) atoms. The molecule has 1 aromatic rings. The van der Waals surface area contributed by atoms with Crippen LogP contribution in [0.3, 0.4) is 0 Å². The molecule has 4 nitrogen and oxygen atoms in total. The van der Waals surface area contributed by atoms with Gasteiger partial charge in [0, 0.05) is 11.6 Å². The fraction of sp³-hybridized carbons (Fsp3) is 0.286. The molecule has 0 aliphatic rings. The molecule has 0 aromatic heterocycles. The molecular weight excluding hydrogens is 230 g/mol. The van der Waals surface area contributed by atoms with E-state index in [0.717, 1.165) is 5.56 Å². The van der Waals surface area contributed by atoms with Crippen molar-refractivity contribution >= 4 is 18.0 Å². The van der Waals surface area contributed by atoms with Crippen molar-refractivity contribution in [2.45, 2.75) is 25.8 Å². The summed E-state index contributed by atoms with van der Waals surface area (Å²) in [6, 6.07) is 9.42. The van der Waals surface area contributed by atoms with E-state index in [1.807, 2.05) is 30.3 Å². The van der Waals surface area contributed by atoms with Crippen molar-refractivity contribution in [3.8, 4) is 0 Å². The Morgan fingerprint density at radius 2 is 1.89 bits per heavy atom. The number of rotatable bonds is 5. The summed E-state index contributed by atoms with van der Waals surface area (Å²) >= 11 is 0. The van der Waals surface area contributed by atoms with Crippen LogP contribution < -0.4 is 5.32 Å². The molecule has 96 valence electrons. The van der Waals surface area contributed by atoms with Crippen LogP contribution in [0, 0.1) is 0 Å². The normalized spacial score (nSPS) is 11.4. The fourth-order valence-electron chi connectivity index (χ4n) is 1.53. The summed E-state index contributed by atoms with van der Waals surface area (Å²) in [6.45, 7) is 3.35. The minimum atomic E-state index is -0.938. The van der Waals surface area contributed by atoms with E-state index in [4.69, 9.17) is 5.11 Å². The van der Waals surface area contributed by atoms with E-state index >= 15 is 0 Å². The van der Waals surface area contributed by atoms with Crippen LogP contribution in [0.4, 0.5) is 0 Å². The van der Waals surface area contributed by atoms with E-state index in [-0.39, 0.29) is 12.3 Å². The lowest BCUT2D eigenvalue weighted by Crippen LogP contribution is -2.44. The molecule has 0 atom stereocenters. The van der Waals surface area contributed by atoms with E-state index in [1.165, 1.54) is 6.08 Å². The lowest BCUT2D eigenvalue weighted by Gasteiger charge is -2.23. The van der Waals surface area contributed by atoms with Crippen molar-refractivity contribution < 1.29 is 14.7 Å². The predicted molar refractivity (Wildman–Crippen MR) is 70.0 cm³/mol. The molecule has 2 N–H and O–H groups in total. The summed E-state index contributed by atoms with van der Waals surface area (Å²) in [7, 11) is 0. The first-order valence-corrected chi connectivity index (χ1v) is 5.66. The topological polar surface area (TPSA) is 66.4 Å². The smallest absolute Gasteiger partial charge is 0.305 e. The summed E-state index contributed by atoms with van der Waals surface area (Å²) in [5, 5.41) is 11.4. The van der Waals surface area contributed by atoms with Gasteiger partial charge in [0.25, 0.3) is 0 Å². The van der Waals surface area contributed by atoms with Gasteiger partial charge < -0.3 is 10.4 Å². The third kappa shape index (κ3) is 5.30. The van der Waals surface area contributed by atoms with E-state index in [9.17, 15) is 9.59 Å². The number of carbonyl (C=O) groups excluding carboxylic acids is 1. The van der Waals surface area contributed by atoms with Crippen LogP contribution in [0.25, 0.3) is 6.08 Å². The second kappa shape index (κ2) is 6.00. The van der Waals surface area contributed by atoms with Crippen molar-refractivity contribution in [3.05, 3.63) is 42.0 Å². The number of carboxylic acids is 1. The highest BCUT2D eigenvalue weighted by Gasteiger charge is 2.22. The maximum Gasteiger partial charge on any atom is 0.305 e. The quantitative estimate of drug-likeness (QED) is 0.783.